The van der Waals surface area contributed by atoms with E-state index >= 15 is 0 Å². The van der Waals surface area contributed by atoms with Crippen LogP contribution in [-0.4, -0.2) is 26.4 Å². The first-order valence-electron chi connectivity index (χ1n) is 9.17. The summed E-state index contributed by atoms with van der Waals surface area (Å²) in [5.41, 5.74) is -1.17. The number of para-hydroxylation sites is 1. The maximum absolute atomic E-state index is 13.1. The first-order chi connectivity index (χ1) is 14.8. The molecule has 0 saturated carbocycles. The fourth-order valence-electron chi connectivity index (χ4n) is 2.68. The Kier molecular flexibility index (Phi) is 7.60. The first-order valence-corrected chi connectivity index (χ1v) is 10.9. The molecule has 3 aromatic rings. The summed E-state index contributed by atoms with van der Waals surface area (Å²) in [5.74, 6) is 0.569. The molecule has 1 amide bonds. The van der Waals surface area contributed by atoms with E-state index in [9.17, 15) is 18.0 Å². The lowest BCUT2D eigenvalue weighted by Gasteiger charge is -2.13. The van der Waals surface area contributed by atoms with Gasteiger partial charge in [-0.15, -0.1) is 10.2 Å². The molecule has 11 heteroatoms. The highest BCUT2D eigenvalue weighted by molar-refractivity contribution is 9.10. The molecule has 1 aromatic heterocycles. The molecule has 0 saturated heterocycles. The molecule has 0 aliphatic heterocycles. The van der Waals surface area contributed by atoms with Crippen LogP contribution in [0.3, 0.4) is 0 Å². The van der Waals surface area contributed by atoms with E-state index in [1.54, 1.807) is 4.57 Å². The van der Waals surface area contributed by atoms with Gasteiger partial charge in [0.05, 0.1) is 17.0 Å². The monoisotopic (exact) mass is 514 g/mol. The van der Waals surface area contributed by atoms with E-state index in [1.807, 2.05) is 31.2 Å². The normalized spacial score (nSPS) is 11.4. The highest BCUT2D eigenvalue weighted by atomic mass is 79.9. The summed E-state index contributed by atoms with van der Waals surface area (Å²) in [7, 11) is 0. The maximum Gasteiger partial charge on any atom is 0.418 e. The van der Waals surface area contributed by atoms with Crippen LogP contribution >= 0.6 is 27.7 Å². The van der Waals surface area contributed by atoms with E-state index < -0.39 is 17.6 Å². The minimum absolute atomic E-state index is 0.113. The molecule has 1 N–H and O–H groups in total. The SMILES string of the molecule is CCn1c(COc2ccc(Br)cc2)nnc1SCC(=O)Nc1ccccc1C(F)(F)F. The van der Waals surface area contributed by atoms with Crippen LogP contribution in [0.25, 0.3) is 0 Å². The highest BCUT2D eigenvalue weighted by Gasteiger charge is 2.33. The number of thioether (sulfide) groups is 1. The second kappa shape index (κ2) is 10.2. The third-order valence-electron chi connectivity index (χ3n) is 4.13. The Morgan fingerprint density at radius 1 is 1.16 bits per heavy atom. The van der Waals surface area contributed by atoms with Crippen molar-refractivity contribution >= 4 is 39.3 Å². The smallest absolute Gasteiger partial charge is 0.418 e. The predicted octanol–water partition coefficient (Wildman–Crippen LogP) is 5.39. The van der Waals surface area contributed by atoms with Gasteiger partial charge in [-0.2, -0.15) is 13.2 Å². The zero-order chi connectivity index (χ0) is 22.4. The Bertz CT molecular complexity index is 1040. The molecule has 0 radical (unpaired) electrons. The zero-order valence-electron chi connectivity index (χ0n) is 16.3. The van der Waals surface area contributed by atoms with Crippen LogP contribution in [0.5, 0.6) is 5.75 Å². The van der Waals surface area contributed by atoms with E-state index in [0.717, 1.165) is 22.3 Å². The van der Waals surface area contributed by atoms with Crippen molar-refractivity contribution in [2.24, 2.45) is 0 Å². The van der Waals surface area contributed by atoms with Crippen LogP contribution in [0.15, 0.2) is 58.2 Å². The lowest BCUT2D eigenvalue weighted by atomic mass is 10.1. The van der Waals surface area contributed by atoms with E-state index in [1.165, 1.54) is 18.2 Å². The summed E-state index contributed by atoms with van der Waals surface area (Å²) < 4.78 is 47.7. The molecular weight excluding hydrogens is 497 g/mol. The molecule has 2 aromatic carbocycles. The number of amides is 1. The Morgan fingerprint density at radius 3 is 2.55 bits per heavy atom. The summed E-state index contributed by atoms with van der Waals surface area (Å²) in [6.45, 7) is 2.64. The summed E-state index contributed by atoms with van der Waals surface area (Å²) >= 11 is 4.45. The third-order valence-corrected chi connectivity index (χ3v) is 5.63. The lowest BCUT2D eigenvalue weighted by molar-refractivity contribution is -0.137. The molecule has 0 unspecified atom stereocenters. The third kappa shape index (κ3) is 6.23. The van der Waals surface area contributed by atoms with Gasteiger partial charge in [0.2, 0.25) is 5.91 Å². The molecule has 0 atom stereocenters. The maximum atomic E-state index is 13.1. The standard InChI is InChI=1S/C20H18BrF3N4O2S/c1-2-28-17(11-30-14-9-7-13(21)8-10-14)26-27-19(28)31-12-18(29)25-16-6-4-3-5-15(16)20(22,23)24/h3-10H,2,11-12H2,1H3,(H,25,29). The quantitative estimate of drug-likeness (QED) is 0.408. The van der Waals surface area contributed by atoms with Crippen molar-refractivity contribution < 1.29 is 22.7 Å². The predicted molar refractivity (Wildman–Crippen MR) is 115 cm³/mol. The van der Waals surface area contributed by atoms with Gasteiger partial charge in [0.1, 0.15) is 12.4 Å². The molecule has 0 spiro atoms. The van der Waals surface area contributed by atoms with Gasteiger partial charge < -0.3 is 14.6 Å². The van der Waals surface area contributed by atoms with Gasteiger partial charge in [-0.05, 0) is 43.3 Å². The minimum atomic E-state index is -4.55. The number of benzene rings is 2. The Balaban J connectivity index is 1.60. The van der Waals surface area contributed by atoms with Crippen molar-refractivity contribution in [1.29, 1.82) is 0 Å². The summed E-state index contributed by atoms with van der Waals surface area (Å²) in [4.78, 5) is 12.2. The second-order valence-corrected chi connectivity index (χ2v) is 8.12. The number of carbonyl (C=O) groups excluding carboxylic acids is 1. The average Bonchev–Trinajstić information content (AvgIpc) is 3.13. The van der Waals surface area contributed by atoms with E-state index in [2.05, 4.69) is 31.4 Å². The number of halogens is 4. The topological polar surface area (TPSA) is 69.0 Å². The Hall–Kier alpha value is -2.53. The lowest BCUT2D eigenvalue weighted by Crippen LogP contribution is -2.18. The fraction of sp³-hybridized carbons (Fsp3) is 0.250. The molecule has 0 bridgehead atoms. The van der Waals surface area contributed by atoms with Crippen molar-refractivity contribution in [2.75, 3.05) is 11.1 Å². The Morgan fingerprint density at radius 2 is 1.87 bits per heavy atom. The highest BCUT2D eigenvalue weighted by Crippen LogP contribution is 2.34. The van der Waals surface area contributed by atoms with Gasteiger partial charge >= 0.3 is 6.18 Å². The van der Waals surface area contributed by atoms with Gasteiger partial charge in [0.15, 0.2) is 11.0 Å². The zero-order valence-corrected chi connectivity index (χ0v) is 18.7. The molecule has 164 valence electrons. The number of carbonyl (C=O) groups is 1. The summed E-state index contributed by atoms with van der Waals surface area (Å²) in [6, 6.07) is 12.2. The number of nitrogens with zero attached hydrogens (tertiary/aromatic N) is 3. The van der Waals surface area contributed by atoms with E-state index in [4.69, 9.17) is 4.74 Å². The van der Waals surface area contributed by atoms with Crippen LogP contribution in [-0.2, 0) is 24.1 Å². The van der Waals surface area contributed by atoms with Gasteiger partial charge in [-0.1, -0.05) is 39.8 Å². The van der Waals surface area contributed by atoms with Crippen molar-refractivity contribution in [3.8, 4) is 5.75 Å². The van der Waals surface area contributed by atoms with Crippen LogP contribution in [0.1, 0.15) is 18.3 Å². The fourth-order valence-corrected chi connectivity index (χ4v) is 3.77. The first kappa shape index (κ1) is 23.1. The summed E-state index contributed by atoms with van der Waals surface area (Å²) in [6.07, 6.45) is -4.55. The van der Waals surface area contributed by atoms with Crippen LogP contribution in [0.2, 0.25) is 0 Å². The van der Waals surface area contributed by atoms with Crippen molar-refractivity contribution in [3.05, 3.63) is 64.4 Å². The largest absolute Gasteiger partial charge is 0.486 e. The summed E-state index contributed by atoms with van der Waals surface area (Å²) in [5, 5.41) is 11.0. The van der Waals surface area contributed by atoms with Gasteiger partial charge in [0, 0.05) is 11.0 Å². The molecule has 0 fully saturated rings. The number of nitrogens with one attached hydrogen (secondary N) is 1. The van der Waals surface area contributed by atoms with Crippen molar-refractivity contribution in [3.63, 3.8) is 0 Å². The number of aromatic nitrogens is 3. The molecule has 0 aliphatic carbocycles. The molecule has 0 aliphatic rings. The number of rotatable bonds is 8. The molecule has 1 heterocycles. The van der Waals surface area contributed by atoms with Crippen molar-refractivity contribution in [1.82, 2.24) is 14.8 Å². The average molecular weight is 515 g/mol. The van der Waals surface area contributed by atoms with Gasteiger partial charge in [-0.25, -0.2) is 0 Å². The number of alkyl halides is 3. The molecular formula is C20H18BrF3N4O2S. The van der Waals surface area contributed by atoms with Crippen LogP contribution < -0.4 is 10.1 Å². The Labute approximate surface area is 189 Å². The molecule has 6 nitrogen and oxygen atoms in total. The minimum Gasteiger partial charge on any atom is -0.486 e. The van der Waals surface area contributed by atoms with E-state index in [-0.39, 0.29) is 18.0 Å². The van der Waals surface area contributed by atoms with Gasteiger partial charge in [-0.3, -0.25) is 4.79 Å². The number of ether oxygens (including phenoxy) is 1. The van der Waals surface area contributed by atoms with E-state index in [0.29, 0.717) is 23.3 Å². The number of anilines is 1. The van der Waals surface area contributed by atoms with Gasteiger partial charge in [0.25, 0.3) is 0 Å². The van der Waals surface area contributed by atoms with Crippen LogP contribution in [0.4, 0.5) is 18.9 Å². The molecule has 3 rings (SSSR count). The number of hydrogen-bond acceptors (Lipinski definition) is 5. The second-order valence-electron chi connectivity index (χ2n) is 6.27. The van der Waals surface area contributed by atoms with Crippen LogP contribution in [0, 0.1) is 0 Å². The number of hydrogen-bond donors (Lipinski definition) is 1. The molecule has 31 heavy (non-hydrogen) atoms. The van der Waals surface area contributed by atoms with Crippen molar-refractivity contribution in [2.45, 2.75) is 31.4 Å².